The normalized spacial score (nSPS) is 14.6. The van der Waals surface area contributed by atoms with E-state index in [1.54, 1.807) is 17.0 Å². The molecular formula is C25H21NO4. The van der Waals surface area contributed by atoms with Crippen LogP contribution in [0.2, 0.25) is 0 Å². The number of aromatic carboxylic acids is 1. The van der Waals surface area contributed by atoms with E-state index in [1.165, 1.54) is 22.3 Å². The number of hydrogen-bond acceptors (Lipinski definition) is 3. The van der Waals surface area contributed by atoms with Crippen molar-refractivity contribution in [3.63, 3.8) is 0 Å². The monoisotopic (exact) mass is 399 g/mol. The molecule has 1 aliphatic heterocycles. The highest BCUT2D eigenvalue weighted by molar-refractivity contribution is 5.90. The lowest BCUT2D eigenvalue weighted by Crippen LogP contribution is -2.37. The van der Waals surface area contributed by atoms with Crippen molar-refractivity contribution in [2.75, 3.05) is 13.2 Å². The van der Waals surface area contributed by atoms with Gasteiger partial charge < -0.3 is 14.7 Å². The fraction of sp³-hybridized carbons (Fsp3) is 0.200. The molecule has 5 nitrogen and oxygen atoms in total. The van der Waals surface area contributed by atoms with Gasteiger partial charge in [0.15, 0.2) is 0 Å². The third-order valence-electron chi connectivity index (χ3n) is 6.10. The maximum Gasteiger partial charge on any atom is 0.410 e. The first-order valence-corrected chi connectivity index (χ1v) is 10.1. The molecule has 30 heavy (non-hydrogen) atoms. The van der Waals surface area contributed by atoms with Crippen LogP contribution in [0.5, 0.6) is 0 Å². The second-order valence-corrected chi connectivity index (χ2v) is 7.72. The van der Waals surface area contributed by atoms with E-state index in [9.17, 15) is 14.7 Å². The topological polar surface area (TPSA) is 66.8 Å². The number of hydrogen-bond donors (Lipinski definition) is 1. The molecule has 0 bridgehead atoms. The van der Waals surface area contributed by atoms with Crippen LogP contribution < -0.4 is 0 Å². The average Bonchev–Trinajstić information content (AvgIpc) is 3.10. The lowest BCUT2D eigenvalue weighted by Gasteiger charge is -2.29. The van der Waals surface area contributed by atoms with Crippen LogP contribution in [0.15, 0.2) is 66.7 Å². The van der Waals surface area contributed by atoms with Crippen molar-refractivity contribution in [2.45, 2.75) is 18.9 Å². The number of fused-ring (bicyclic) bond motifs is 4. The molecule has 1 aliphatic carbocycles. The van der Waals surface area contributed by atoms with E-state index < -0.39 is 12.1 Å². The number of carbonyl (C=O) groups is 2. The van der Waals surface area contributed by atoms with E-state index in [0.29, 0.717) is 18.5 Å². The Bertz CT molecular complexity index is 1110. The van der Waals surface area contributed by atoms with Crippen LogP contribution in [-0.4, -0.2) is 35.2 Å². The van der Waals surface area contributed by atoms with Crippen LogP contribution in [0.25, 0.3) is 11.1 Å². The number of carbonyl (C=O) groups excluding carboxylic acids is 1. The molecule has 0 unspecified atom stereocenters. The summed E-state index contributed by atoms with van der Waals surface area (Å²) in [6.45, 7) is 1.04. The molecule has 0 saturated carbocycles. The van der Waals surface area contributed by atoms with Gasteiger partial charge in [0.2, 0.25) is 0 Å². The highest BCUT2D eigenvalue weighted by atomic mass is 16.6. The molecule has 5 rings (SSSR count). The van der Waals surface area contributed by atoms with Gasteiger partial charge in [-0.15, -0.1) is 0 Å². The molecule has 2 aliphatic rings. The molecule has 0 saturated heterocycles. The predicted octanol–water partition coefficient (Wildman–Crippen LogP) is 4.69. The second-order valence-electron chi connectivity index (χ2n) is 7.72. The third-order valence-corrected chi connectivity index (χ3v) is 6.10. The first kappa shape index (κ1) is 18.4. The van der Waals surface area contributed by atoms with E-state index in [4.69, 9.17) is 4.74 Å². The van der Waals surface area contributed by atoms with Gasteiger partial charge in [0.1, 0.15) is 6.61 Å². The van der Waals surface area contributed by atoms with Crippen molar-refractivity contribution in [2.24, 2.45) is 0 Å². The van der Waals surface area contributed by atoms with Gasteiger partial charge in [0, 0.05) is 12.5 Å². The Kier molecular flexibility index (Phi) is 4.51. The number of carboxylic acid groups (broad SMARTS) is 1. The summed E-state index contributed by atoms with van der Waals surface area (Å²) >= 11 is 0. The summed E-state index contributed by atoms with van der Waals surface area (Å²) < 4.78 is 5.73. The molecule has 0 aromatic heterocycles. The van der Waals surface area contributed by atoms with Crippen molar-refractivity contribution in [3.05, 3.63) is 94.5 Å². The van der Waals surface area contributed by atoms with Crippen molar-refractivity contribution in [1.29, 1.82) is 0 Å². The number of nitrogens with zero attached hydrogens (tertiary/aromatic N) is 1. The van der Waals surface area contributed by atoms with E-state index in [1.807, 2.05) is 30.3 Å². The Morgan fingerprint density at radius 1 is 0.933 bits per heavy atom. The highest BCUT2D eigenvalue weighted by Crippen LogP contribution is 2.44. The average molecular weight is 399 g/mol. The Hall–Kier alpha value is -3.60. The molecule has 0 spiro atoms. The minimum atomic E-state index is -0.971. The molecule has 0 atom stereocenters. The number of amides is 1. The van der Waals surface area contributed by atoms with Crippen LogP contribution in [0.1, 0.15) is 38.5 Å². The molecule has 0 fully saturated rings. The van der Waals surface area contributed by atoms with Crippen molar-refractivity contribution < 1.29 is 19.4 Å². The van der Waals surface area contributed by atoms with Crippen LogP contribution in [0.4, 0.5) is 4.79 Å². The molecule has 1 heterocycles. The Morgan fingerprint density at radius 2 is 1.60 bits per heavy atom. The number of ether oxygens (including phenoxy) is 1. The van der Waals surface area contributed by atoms with E-state index in [-0.39, 0.29) is 24.6 Å². The van der Waals surface area contributed by atoms with Crippen LogP contribution in [0.3, 0.4) is 0 Å². The van der Waals surface area contributed by atoms with Gasteiger partial charge in [-0.1, -0.05) is 60.7 Å². The zero-order valence-corrected chi connectivity index (χ0v) is 16.4. The molecule has 3 aromatic carbocycles. The van der Waals surface area contributed by atoms with E-state index in [0.717, 1.165) is 5.56 Å². The van der Waals surface area contributed by atoms with Gasteiger partial charge in [-0.3, -0.25) is 0 Å². The molecule has 150 valence electrons. The summed E-state index contributed by atoms with van der Waals surface area (Å²) in [5.41, 5.74) is 6.65. The maximum absolute atomic E-state index is 12.8. The summed E-state index contributed by atoms with van der Waals surface area (Å²) in [7, 11) is 0. The lowest BCUT2D eigenvalue weighted by molar-refractivity contribution is 0.0689. The number of carboxylic acids is 1. The van der Waals surface area contributed by atoms with Crippen molar-refractivity contribution >= 4 is 12.1 Å². The summed E-state index contributed by atoms with van der Waals surface area (Å²) in [4.78, 5) is 26.0. The minimum Gasteiger partial charge on any atom is -0.478 e. The quantitative estimate of drug-likeness (QED) is 0.694. The van der Waals surface area contributed by atoms with Gasteiger partial charge in [-0.05, 0) is 45.9 Å². The first-order valence-electron chi connectivity index (χ1n) is 10.1. The van der Waals surface area contributed by atoms with Gasteiger partial charge in [0.05, 0.1) is 12.1 Å². The summed E-state index contributed by atoms with van der Waals surface area (Å²) in [6, 6.07) is 21.7. The molecule has 1 N–H and O–H groups in total. The molecule has 1 amide bonds. The number of benzene rings is 3. The zero-order chi connectivity index (χ0) is 20.7. The number of rotatable bonds is 3. The van der Waals surface area contributed by atoms with E-state index >= 15 is 0 Å². The molecule has 0 radical (unpaired) electrons. The molecule has 5 heteroatoms. The summed E-state index contributed by atoms with van der Waals surface area (Å²) in [5.74, 6) is -0.964. The summed E-state index contributed by atoms with van der Waals surface area (Å²) in [5, 5.41) is 9.46. The Labute approximate surface area is 174 Å². The van der Waals surface area contributed by atoms with Crippen molar-refractivity contribution in [1.82, 2.24) is 4.90 Å². The van der Waals surface area contributed by atoms with Crippen molar-refractivity contribution in [3.8, 4) is 11.1 Å². The second kappa shape index (κ2) is 7.34. The summed E-state index contributed by atoms with van der Waals surface area (Å²) in [6.07, 6.45) is 0.225. The van der Waals surface area contributed by atoms with Gasteiger partial charge in [-0.2, -0.15) is 0 Å². The van der Waals surface area contributed by atoms with Gasteiger partial charge in [0.25, 0.3) is 0 Å². The standard InChI is InChI=1S/C25H21NO4/c27-24(28)21-11-5-6-16-12-13-26(14-22(16)21)25(29)30-15-23-19-9-3-1-7-17(19)18-8-2-4-10-20(18)23/h1-11,23H,12-15H2,(H,27,28). The smallest absolute Gasteiger partial charge is 0.410 e. The Balaban J connectivity index is 1.34. The maximum atomic E-state index is 12.8. The van der Waals surface area contributed by atoms with E-state index in [2.05, 4.69) is 24.3 Å². The fourth-order valence-corrected chi connectivity index (χ4v) is 4.62. The van der Waals surface area contributed by atoms with Crippen LogP contribution >= 0.6 is 0 Å². The van der Waals surface area contributed by atoms with Crippen LogP contribution in [0, 0.1) is 0 Å². The highest BCUT2D eigenvalue weighted by Gasteiger charge is 2.31. The van der Waals surface area contributed by atoms with Gasteiger partial charge in [-0.25, -0.2) is 9.59 Å². The first-order chi connectivity index (χ1) is 14.6. The third kappa shape index (κ3) is 3.03. The van der Waals surface area contributed by atoms with Crippen LogP contribution in [-0.2, 0) is 17.7 Å². The molecule has 3 aromatic rings. The van der Waals surface area contributed by atoms with Gasteiger partial charge >= 0.3 is 12.1 Å². The Morgan fingerprint density at radius 3 is 2.27 bits per heavy atom. The fourth-order valence-electron chi connectivity index (χ4n) is 4.62. The predicted molar refractivity (Wildman–Crippen MR) is 113 cm³/mol. The molecular weight excluding hydrogens is 378 g/mol. The SMILES string of the molecule is O=C(O)c1cccc2c1CN(C(=O)OCC1c3ccccc3-c3ccccc31)CC2. The lowest BCUT2D eigenvalue weighted by atomic mass is 9.95. The minimum absolute atomic E-state index is 0.00741. The largest absolute Gasteiger partial charge is 0.478 e. The zero-order valence-electron chi connectivity index (χ0n) is 16.4.